The number of hydrogen-bond donors (Lipinski definition) is 1. The van der Waals surface area contributed by atoms with E-state index in [2.05, 4.69) is 10.4 Å². The third-order valence-corrected chi connectivity index (χ3v) is 7.14. The molecule has 8 heteroatoms. The molecule has 6 rings (SSSR count). The van der Waals surface area contributed by atoms with Gasteiger partial charge in [0.25, 0.3) is 0 Å². The van der Waals surface area contributed by atoms with Gasteiger partial charge in [0.1, 0.15) is 6.04 Å². The number of hydrazone groups is 1. The van der Waals surface area contributed by atoms with Crippen LogP contribution < -0.4 is 10.2 Å². The summed E-state index contributed by atoms with van der Waals surface area (Å²) in [7, 11) is 0. The predicted molar refractivity (Wildman–Crippen MR) is 133 cm³/mol. The molecule has 3 aliphatic rings. The van der Waals surface area contributed by atoms with Gasteiger partial charge in [-0.25, -0.2) is 4.90 Å². The highest BCUT2D eigenvalue weighted by molar-refractivity contribution is 6.24. The summed E-state index contributed by atoms with van der Waals surface area (Å²) in [6.45, 7) is 1.46. The number of para-hydroxylation sites is 1. The third kappa shape index (κ3) is 3.25. The summed E-state index contributed by atoms with van der Waals surface area (Å²) in [6, 6.07) is 21.4. The van der Waals surface area contributed by atoms with Gasteiger partial charge in [-0.15, -0.1) is 0 Å². The molecule has 3 heterocycles. The number of amides is 3. The molecular weight excluding hydrogens is 456 g/mol. The van der Waals surface area contributed by atoms with Gasteiger partial charge in [-0.1, -0.05) is 42.5 Å². The van der Waals surface area contributed by atoms with Crippen LogP contribution in [0.4, 0.5) is 11.4 Å². The zero-order valence-corrected chi connectivity index (χ0v) is 19.4. The standard InChI is InChI=1S/C28H22N4O4/c1-16(33)17-11-13-20(14-12-17)31-27(35)22-23(28(31)36)25(26(34)30-19-8-3-2-4-9-19)32-24(22)21-10-6-5-7-18(21)15-29-32/h2-15,22-25H,1H3,(H,30,34)/t22-,23+,24+,25+/m0/s1. The van der Waals surface area contributed by atoms with Crippen LogP contribution in [0, 0.1) is 11.8 Å². The van der Waals surface area contributed by atoms with Crippen molar-refractivity contribution < 1.29 is 19.2 Å². The maximum absolute atomic E-state index is 13.8. The Morgan fingerprint density at radius 2 is 1.50 bits per heavy atom. The predicted octanol–water partition coefficient (Wildman–Crippen LogP) is 3.41. The molecule has 0 radical (unpaired) electrons. The summed E-state index contributed by atoms with van der Waals surface area (Å²) in [5.41, 5.74) is 3.17. The van der Waals surface area contributed by atoms with E-state index in [1.165, 1.54) is 6.92 Å². The van der Waals surface area contributed by atoms with E-state index in [4.69, 9.17) is 0 Å². The fraction of sp³-hybridized carbons (Fsp3) is 0.179. The Kier molecular flexibility index (Phi) is 5.03. The molecule has 0 aromatic heterocycles. The zero-order valence-electron chi connectivity index (χ0n) is 19.4. The smallest absolute Gasteiger partial charge is 0.249 e. The number of benzene rings is 3. The number of carbonyl (C=O) groups is 4. The first-order chi connectivity index (χ1) is 17.5. The quantitative estimate of drug-likeness (QED) is 0.458. The van der Waals surface area contributed by atoms with Crippen LogP contribution in [0.5, 0.6) is 0 Å². The van der Waals surface area contributed by atoms with Gasteiger partial charge in [-0.05, 0) is 54.4 Å². The third-order valence-electron chi connectivity index (χ3n) is 7.14. The molecule has 0 spiro atoms. The lowest BCUT2D eigenvalue weighted by molar-refractivity contribution is -0.129. The molecule has 0 bridgehead atoms. The lowest BCUT2D eigenvalue weighted by atomic mass is 9.85. The first-order valence-corrected chi connectivity index (χ1v) is 11.7. The molecule has 0 unspecified atom stereocenters. The summed E-state index contributed by atoms with van der Waals surface area (Å²) in [5, 5.41) is 9.05. The summed E-state index contributed by atoms with van der Waals surface area (Å²) in [4.78, 5) is 54.1. The van der Waals surface area contributed by atoms with E-state index in [1.54, 1.807) is 47.6 Å². The fourth-order valence-electron chi connectivity index (χ4n) is 5.51. The first kappa shape index (κ1) is 21.9. The molecule has 2 fully saturated rings. The van der Waals surface area contributed by atoms with Crippen molar-refractivity contribution in [1.29, 1.82) is 0 Å². The number of anilines is 2. The maximum Gasteiger partial charge on any atom is 0.249 e. The zero-order chi connectivity index (χ0) is 25.0. The number of fused-ring (bicyclic) bond motifs is 5. The number of imide groups is 1. The van der Waals surface area contributed by atoms with Gasteiger partial charge in [0.2, 0.25) is 17.7 Å². The number of rotatable bonds is 4. The molecule has 178 valence electrons. The van der Waals surface area contributed by atoms with Gasteiger partial charge in [-0.2, -0.15) is 5.10 Å². The molecule has 0 aliphatic carbocycles. The van der Waals surface area contributed by atoms with Gasteiger partial charge in [0.05, 0.1) is 29.8 Å². The van der Waals surface area contributed by atoms with Crippen LogP contribution >= 0.6 is 0 Å². The van der Waals surface area contributed by atoms with Gasteiger partial charge >= 0.3 is 0 Å². The molecular formula is C28H22N4O4. The number of ketones is 1. The maximum atomic E-state index is 13.8. The van der Waals surface area contributed by atoms with Gasteiger partial charge in [0.15, 0.2) is 5.78 Å². The molecule has 3 amide bonds. The van der Waals surface area contributed by atoms with E-state index in [1.807, 2.05) is 42.5 Å². The number of Topliss-reactive ketones (excluding diaryl/α,β-unsaturated/α-hetero) is 1. The van der Waals surface area contributed by atoms with E-state index in [0.717, 1.165) is 16.0 Å². The molecule has 36 heavy (non-hydrogen) atoms. The highest BCUT2D eigenvalue weighted by Gasteiger charge is 2.65. The van der Waals surface area contributed by atoms with Crippen LogP contribution in [-0.2, 0) is 14.4 Å². The highest BCUT2D eigenvalue weighted by Crippen LogP contribution is 2.52. The van der Waals surface area contributed by atoms with Crippen LogP contribution in [-0.4, -0.2) is 40.8 Å². The second kappa shape index (κ2) is 8.27. The summed E-state index contributed by atoms with van der Waals surface area (Å²) in [5.74, 6) is -3.03. The van der Waals surface area contributed by atoms with Crippen LogP contribution in [0.2, 0.25) is 0 Å². The lowest BCUT2D eigenvalue weighted by Crippen LogP contribution is -2.46. The van der Waals surface area contributed by atoms with Crippen LogP contribution in [0.3, 0.4) is 0 Å². The number of nitrogens with zero attached hydrogens (tertiary/aromatic N) is 3. The van der Waals surface area contributed by atoms with Crippen molar-refractivity contribution in [3.63, 3.8) is 0 Å². The Labute approximate surface area is 207 Å². The molecule has 2 saturated heterocycles. The Balaban J connectivity index is 1.43. The van der Waals surface area contributed by atoms with Crippen molar-refractivity contribution in [1.82, 2.24) is 5.01 Å². The van der Waals surface area contributed by atoms with E-state index < -0.39 is 35.7 Å². The minimum atomic E-state index is -0.970. The lowest BCUT2D eigenvalue weighted by Gasteiger charge is -2.33. The fourth-order valence-corrected chi connectivity index (χ4v) is 5.51. The second-order valence-electron chi connectivity index (χ2n) is 9.16. The van der Waals surface area contributed by atoms with Crippen LogP contribution in [0.1, 0.15) is 34.5 Å². The van der Waals surface area contributed by atoms with E-state index in [0.29, 0.717) is 16.9 Å². The van der Waals surface area contributed by atoms with Crippen molar-refractivity contribution in [3.8, 4) is 0 Å². The van der Waals surface area contributed by atoms with Gasteiger partial charge < -0.3 is 5.32 Å². The van der Waals surface area contributed by atoms with Gasteiger partial charge in [-0.3, -0.25) is 24.2 Å². The number of nitrogens with one attached hydrogen (secondary N) is 1. The largest absolute Gasteiger partial charge is 0.324 e. The normalized spacial score (nSPS) is 23.8. The first-order valence-electron chi connectivity index (χ1n) is 11.7. The van der Waals surface area contributed by atoms with Crippen LogP contribution in [0.25, 0.3) is 0 Å². The molecule has 3 aliphatic heterocycles. The van der Waals surface area contributed by atoms with Crippen molar-refractivity contribution >= 4 is 41.1 Å². The molecule has 4 atom stereocenters. The molecule has 3 aromatic rings. The van der Waals surface area contributed by atoms with E-state index in [-0.39, 0.29) is 11.7 Å². The molecule has 3 aromatic carbocycles. The minimum absolute atomic E-state index is 0.109. The molecule has 1 N–H and O–H groups in total. The Morgan fingerprint density at radius 1 is 0.833 bits per heavy atom. The van der Waals surface area contributed by atoms with Gasteiger partial charge in [0, 0.05) is 11.3 Å². The molecule has 0 saturated carbocycles. The average Bonchev–Trinajstić information content (AvgIpc) is 3.37. The van der Waals surface area contributed by atoms with Crippen LogP contribution in [0.15, 0.2) is 84.0 Å². The Hall–Kier alpha value is -4.59. The SMILES string of the molecule is CC(=O)c1ccc(N2C(=O)[C@@H]3[C@H](C2=O)[C@H]2c4ccccc4C=NN2[C@H]3C(=O)Nc2ccccc2)cc1. The average molecular weight is 479 g/mol. The summed E-state index contributed by atoms with van der Waals surface area (Å²) >= 11 is 0. The highest BCUT2D eigenvalue weighted by atomic mass is 16.2. The van der Waals surface area contributed by atoms with E-state index in [9.17, 15) is 19.2 Å². The minimum Gasteiger partial charge on any atom is -0.324 e. The topological polar surface area (TPSA) is 99.2 Å². The Morgan fingerprint density at radius 3 is 2.22 bits per heavy atom. The van der Waals surface area contributed by atoms with Crippen molar-refractivity contribution in [2.45, 2.75) is 19.0 Å². The van der Waals surface area contributed by atoms with Crippen molar-refractivity contribution in [3.05, 3.63) is 95.6 Å². The second-order valence-corrected chi connectivity index (χ2v) is 9.16. The number of hydrogen-bond acceptors (Lipinski definition) is 6. The van der Waals surface area contributed by atoms with Crippen molar-refractivity contribution in [2.75, 3.05) is 10.2 Å². The number of carbonyl (C=O) groups excluding carboxylic acids is 4. The Bertz CT molecular complexity index is 1430. The monoisotopic (exact) mass is 478 g/mol. The summed E-state index contributed by atoms with van der Waals surface area (Å²) < 4.78 is 0. The van der Waals surface area contributed by atoms with Crippen molar-refractivity contribution in [2.24, 2.45) is 16.9 Å². The summed E-state index contributed by atoms with van der Waals surface area (Å²) in [6.07, 6.45) is 1.67. The van der Waals surface area contributed by atoms with E-state index >= 15 is 0 Å². The molecule has 8 nitrogen and oxygen atoms in total.